The van der Waals surface area contributed by atoms with E-state index in [2.05, 4.69) is 10.6 Å². The summed E-state index contributed by atoms with van der Waals surface area (Å²) < 4.78 is 5.38. The number of carbonyl (C=O) groups excluding carboxylic acids is 3. The van der Waals surface area contributed by atoms with Gasteiger partial charge in [0.25, 0.3) is 5.91 Å². The predicted octanol–water partition coefficient (Wildman–Crippen LogP) is 2.19. The number of ketones is 1. The zero-order valence-electron chi connectivity index (χ0n) is 20.5. The number of ether oxygens (including phenoxy) is 1. The molecule has 3 aromatic carbocycles. The third-order valence-electron chi connectivity index (χ3n) is 8.95. The monoisotopic (exact) mass is 505 g/mol. The number of nitriles is 1. The van der Waals surface area contributed by atoms with E-state index in [4.69, 9.17) is 10.00 Å². The first-order chi connectivity index (χ1) is 18.5. The zero-order valence-corrected chi connectivity index (χ0v) is 20.5. The Morgan fingerprint density at radius 1 is 0.947 bits per heavy atom. The van der Waals surface area contributed by atoms with E-state index in [1.54, 1.807) is 24.3 Å². The van der Waals surface area contributed by atoms with Crippen LogP contribution in [0.5, 0.6) is 5.75 Å². The average molecular weight is 506 g/mol. The normalized spacial score (nSPS) is 29.9. The van der Waals surface area contributed by atoms with E-state index in [0.29, 0.717) is 34.8 Å². The molecule has 188 valence electrons. The quantitative estimate of drug-likeness (QED) is 0.471. The average Bonchev–Trinajstić information content (AvgIpc) is 3.66. The van der Waals surface area contributed by atoms with Crippen molar-refractivity contribution in [3.63, 3.8) is 0 Å². The van der Waals surface area contributed by atoms with Gasteiger partial charge in [0.05, 0.1) is 18.2 Å². The minimum atomic E-state index is -1.42. The summed E-state index contributed by atoms with van der Waals surface area (Å²) in [5, 5.41) is 14.9. The van der Waals surface area contributed by atoms with E-state index in [-0.39, 0.29) is 30.2 Å². The molecule has 2 amide bonds. The molecule has 1 unspecified atom stereocenters. The molecule has 0 aliphatic carbocycles. The first-order valence-corrected chi connectivity index (χ1v) is 12.9. The van der Waals surface area contributed by atoms with Gasteiger partial charge in [-0.2, -0.15) is 5.26 Å². The van der Waals surface area contributed by atoms with Gasteiger partial charge in [0.15, 0.2) is 17.8 Å². The van der Waals surface area contributed by atoms with Crippen molar-refractivity contribution in [3.8, 4) is 11.8 Å². The Morgan fingerprint density at radius 2 is 1.61 bits per heavy atom. The highest BCUT2D eigenvalue weighted by molar-refractivity contribution is 6.20. The van der Waals surface area contributed by atoms with E-state index in [1.807, 2.05) is 54.6 Å². The van der Waals surface area contributed by atoms with Gasteiger partial charge in [0, 0.05) is 29.7 Å². The van der Waals surface area contributed by atoms with Crippen LogP contribution >= 0.6 is 0 Å². The lowest BCUT2D eigenvalue weighted by Gasteiger charge is -2.40. The van der Waals surface area contributed by atoms with Crippen molar-refractivity contribution < 1.29 is 24.0 Å². The Labute approximate surface area is 219 Å². The SMILES string of the molecule is N#CCOc1ccc(C(=O)[C@H]2[C@@H]3CCC[NH+]3[C@]3(C(=O)Nc4ccccc43)[C@]23C(=O)Nc2ccccc23)cc1. The van der Waals surface area contributed by atoms with Gasteiger partial charge in [-0.3, -0.25) is 14.4 Å². The molecule has 0 aromatic heterocycles. The summed E-state index contributed by atoms with van der Waals surface area (Å²) in [5.41, 5.74) is 0.559. The highest BCUT2D eigenvalue weighted by Gasteiger charge is 2.84. The maximum Gasteiger partial charge on any atom is 0.292 e. The molecule has 7 rings (SSSR count). The number of hydrogen-bond donors (Lipinski definition) is 3. The van der Waals surface area contributed by atoms with Crippen LogP contribution < -0.4 is 20.3 Å². The molecule has 0 bridgehead atoms. The molecule has 4 aliphatic heterocycles. The molecule has 2 fully saturated rings. The summed E-state index contributed by atoms with van der Waals surface area (Å²) in [5.74, 6) is -0.974. The smallest absolute Gasteiger partial charge is 0.292 e. The van der Waals surface area contributed by atoms with Crippen LogP contribution in [0.3, 0.4) is 0 Å². The Morgan fingerprint density at radius 3 is 2.34 bits per heavy atom. The lowest BCUT2D eigenvalue weighted by molar-refractivity contribution is -0.949. The second-order valence-electron chi connectivity index (χ2n) is 10.4. The third kappa shape index (κ3) is 2.59. The molecule has 8 nitrogen and oxygen atoms in total. The molecular weight excluding hydrogens is 480 g/mol. The second-order valence-corrected chi connectivity index (χ2v) is 10.4. The molecule has 8 heteroatoms. The molecule has 38 heavy (non-hydrogen) atoms. The van der Waals surface area contributed by atoms with Crippen molar-refractivity contribution in [2.24, 2.45) is 5.92 Å². The molecule has 4 heterocycles. The van der Waals surface area contributed by atoms with Crippen LogP contribution in [-0.4, -0.2) is 36.8 Å². The summed E-state index contributed by atoms with van der Waals surface area (Å²) in [6.07, 6.45) is 1.60. The summed E-state index contributed by atoms with van der Waals surface area (Å²) in [6.45, 7) is 0.599. The summed E-state index contributed by atoms with van der Waals surface area (Å²) >= 11 is 0. The summed E-state index contributed by atoms with van der Waals surface area (Å²) in [7, 11) is 0. The summed E-state index contributed by atoms with van der Waals surface area (Å²) in [6, 6.07) is 23.5. The van der Waals surface area contributed by atoms with Crippen LogP contribution in [0.2, 0.25) is 0 Å². The van der Waals surface area contributed by atoms with E-state index in [1.165, 1.54) is 0 Å². The van der Waals surface area contributed by atoms with E-state index in [0.717, 1.165) is 23.3 Å². The number of benzene rings is 3. The zero-order chi connectivity index (χ0) is 26.1. The number of carbonyl (C=O) groups is 3. The van der Waals surface area contributed by atoms with Crippen molar-refractivity contribution in [2.45, 2.75) is 29.8 Å². The first kappa shape index (κ1) is 22.7. The number of Topliss-reactive ketones (excluding diaryl/α,β-unsaturated/α-hetero) is 1. The van der Waals surface area contributed by atoms with Crippen LogP contribution in [0.4, 0.5) is 11.4 Å². The first-order valence-electron chi connectivity index (χ1n) is 12.9. The number of quaternary nitrogens is 1. The lowest BCUT2D eigenvalue weighted by atomic mass is 9.57. The fraction of sp³-hybridized carbons (Fsp3) is 0.267. The number of para-hydroxylation sites is 2. The fourth-order valence-electron chi connectivity index (χ4n) is 7.81. The Bertz CT molecular complexity index is 1560. The molecule has 0 saturated carbocycles. The molecule has 3 aromatic rings. The molecule has 2 saturated heterocycles. The standard InChI is InChI=1S/C30H24N4O4/c31-15-17-38-19-13-11-18(12-14-19)26(35)25-24-10-5-16-34(24)30(21-7-2-4-9-23(21)33-28(30)37)29(25)20-6-1-3-8-22(20)32-27(29)36/h1-4,6-9,11-14,24-25H,5,10,16-17H2,(H,32,36)(H,33,37)/p+1/t24-,25+,29-,30+/m0/s1. The van der Waals surface area contributed by atoms with Gasteiger partial charge in [-0.15, -0.1) is 0 Å². The lowest BCUT2D eigenvalue weighted by Crippen LogP contribution is -3.20. The molecular formula is C30H25N4O4+. The Kier molecular flexibility index (Phi) is 4.78. The topological polar surface area (TPSA) is 113 Å². The fourth-order valence-corrected chi connectivity index (χ4v) is 7.81. The highest BCUT2D eigenvalue weighted by atomic mass is 16.5. The number of nitrogens with one attached hydrogen (secondary N) is 3. The third-order valence-corrected chi connectivity index (χ3v) is 8.95. The van der Waals surface area contributed by atoms with Gasteiger partial charge in [-0.05, 0) is 42.0 Å². The van der Waals surface area contributed by atoms with Crippen molar-refractivity contribution >= 4 is 29.0 Å². The van der Waals surface area contributed by atoms with Crippen LogP contribution in [-0.2, 0) is 20.5 Å². The van der Waals surface area contributed by atoms with Gasteiger partial charge in [-0.1, -0.05) is 36.4 Å². The van der Waals surface area contributed by atoms with Crippen molar-refractivity contribution in [3.05, 3.63) is 89.5 Å². The van der Waals surface area contributed by atoms with Gasteiger partial charge in [-0.25, -0.2) is 0 Å². The Hall–Kier alpha value is -4.48. The second kappa shape index (κ2) is 8.01. The van der Waals surface area contributed by atoms with Gasteiger partial charge in [0.1, 0.15) is 17.9 Å². The Balaban J connectivity index is 1.49. The number of anilines is 2. The van der Waals surface area contributed by atoms with Crippen molar-refractivity contribution in [2.75, 3.05) is 23.8 Å². The van der Waals surface area contributed by atoms with Crippen molar-refractivity contribution in [1.82, 2.24) is 0 Å². The number of amides is 2. The maximum atomic E-state index is 14.6. The van der Waals surface area contributed by atoms with Crippen molar-refractivity contribution in [1.29, 1.82) is 5.26 Å². The van der Waals surface area contributed by atoms with E-state index >= 15 is 0 Å². The van der Waals surface area contributed by atoms with Crippen LogP contribution in [0.25, 0.3) is 0 Å². The molecule has 5 atom stereocenters. The van der Waals surface area contributed by atoms with Crippen LogP contribution in [0.1, 0.15) is 34.3 Å². The van der Waals surface area contributed by atoms with Gasteiger partial charge < -0.3 is 20.3 Å². The molecule has 4 aliphatic rings. The van der Waals surface area contributed by atoms with Gasteiger partial charge >= 0.3 is 0 Å². The molecule has 0 radical (unpaired) electrons. The van der Waals surface area contributed by atoms with Crippen LogP contribution in [0, 0.1) is 17.2 Å². The largest absolute Gasteiger partial charge is 0.479 e. The highest BCUT2D eigenvalue weighted by Crippen LogP contribution is 2.61. The number of fused-ring (bicyclic) bond motifs is 7. The van der Waals surface area contributed by atoms with Crippen LogP contribution in [0.15, 0.2) is 72.8 Å². The number of rotatable bonds is 4. The summed E-state index contributed by atoms with van der Waals surface area (Å²) in [4.78, 5) is 44.3. The minimum Gasteiger partial charge on any atom is -0.479 e. The minimum absolute atomic E-state index is 0.0899. The number of nitrogens with zero attached hydrogens (tertiary/aromatic N) is 1. The molecule has 3 N–H and O–H groups in total. The van der Waals surface area contributed by atoms with E-state index < -0.39 is 16.9 Å². The molecule has 2 spiro atoms. The maximum absolute atomic E-state index is 14.6. The van der Waals surface area contributed by atoms with E-state index in [9.17, 15) is 14.4 Å². The predicted molar refractivity (Wildman–Crippen MR) is 138 cm³/mol. The van der Waals surface area contributed by atoms with Gasteiger partial charge in [0.2, 0.25) is 11.4 Å². The number of hydrogen-bond acceptors (Lipinski definition) is 5.